The molecule has 0 saturated heterocycles. The smallest absolute Gasteiger partial charge is 0.269 e. The molecule has 0 saturated carbocycles. The van der Waals surface area contributed by atoms with E-state index in [0.29, 0.717) is 5.71 Å². The van der Waals surface area contributed by atoms with E-state index in [-0.39, 0.29) is 5.69 Å². The number of rotatable bonds is 4. The predicted octanol–water partition coefficient (Wildman–Crippen LogP) is 3.49. The second-order valence-corrected chi connectivity index (χ2v) is 4.03. The average molecular weight is 268 g/mol. The molecule has 0 radical (unpaired) electrons. The number of nitro groups is 1. The molecule has 0 aliphatic heterocycles. The van der Waals surface area contributed by atoms with Crippen LogP contribution in [0.2, 0.25) is 0 Å². The Labute approximate surface area is 115 Å². The van der Waals surface area contributed by atoms with Crippen LogP contribution in [0.3, 0.4) is 0 Å². The lowest BCUT2D eigenvalue weighted by molar-refractivity contribution is -0.384. The van der Waals surface area contributed by atoms with Crippen LogP contribution in [-0.4, -0.2) is 15.8 Å². The fraction of sp³-hybridized carbons (Fsp3) is 0. The highest BCUT2D eigenvalue weighted by Gasteiger charge is 2.03. The van der Waals surface area contributed by atoms with E-state index in [1.165, 1.54) is 12.1 Å². The summed E-state index contributed by atoms with van der Waals surface area (Å²) < 4.78 is 0. The van der Waals surface area contributed by atoms with Gasteiger partial charge in [-0.05, 0) is 23.8 Å². The van der Waals surface area contributed by atoms with Crippen LogP contribution in [-0.2, 0) is 0 Å². The normalized spacial score (nSPS) is 11.7. The van der Waals surface area contributed by atoms with Crippen LogP contribution in [0.25, 0.3) is 6.08 Å². The van der Waals surface area contributed by atoms with Crippen molar-refractivity contribution in [2.24, 2.45) is 5.16 Å². The second-order valence-electron chi connectivity index (χ2n) is 4.03. The minimum Gasteiger partial charge on any atom is -0.410 e. The highest BCUT2D eigenvalue weighted by Crippen LogP contribution is 2.13. The van der Waals surface area contributed by atoms with Crippen LogP contribution in [0.15, 0.2) is 65.8 Å². The number of nitrogens with zero attached hydrogens (tertiary/aromatic N) is 2. The molecule has 0 unspecified atom stereocenters. The standard InChI is InChI=1S/C15H12N2O3/c18-16-15(13-4-2-1-3-5-13)11-8-12-6-9-14(10-7-12)17(19)20/h1-11,18H/b11-8+,16-15-. The van der Waals surface area contributed by atoms with Crippen molar-refractivity contribution in [3.8, 4) is 0 Å². The Hall–Kier alpha value is -2.95. The minimum atomic E-state index is -0.446. The van der Waals surface area contributed by atoms with Crippen LogP contribution in [0.1, 0.15) is 11.1 Å². The summed E-state index contributed by atoms with van der Waals surface area (Å²) in [5, 5.41) is 22.8. The number of allylic oxidation sites excluding steroid dienone is 1. The quantitative estimate of drug-likeness (QED) is 0.399. The summed E-state index contributed by atoms with van der Waals surface area (Å²) in [4.78, 5) is 10.1. The summed E-state index contributed by atoms with van der Waals surface area (Å²) in [6.07, 6.45) is 3.38. The van der Waals surface area contributed by atoms with Gasteiger partial charge in [-0.1, -0.05) is 41.6 Å². The molecule has 20 heavy (non-hydrogen) atoms. The zero-order valence-corrected chi connectivity index (χ0v) is 10.5. The zero-order valence-electron chi connectivity index (χ0n) is 10.5. The summed E-state index contributed by atoms with van der Waals surface area (Å²) >= 11 is 0. The largest absolute Gasteiger partial charge is 0.410 e. The summed E-state index contributed by atoms with van der Waals surface area (Å²) in [5.74, 6) is 0. The molecular weight excluding hydrogens is 256 g/mol. The van der Waals surface area contributed by atoms with Crippen molar-refractivity contribution < 1.29 is 10.1 Å². The molecule has 5 heteroatoms. The fourth-order valence-corrected chi connectivity index (χ4v) is 1.68. The van der Waals surface area contributed by atoms with Gasteiger partial charge in [0.25, 0.3) is 5.69 Å². The molecular formula is C15H12N2O3. The van der Waals surface area contributed by atoms with Crippen LogP contribution in [0.5, 0.6) is 0 Å². The first kappa shape index (κ1) is 13.5. The first-order chi connectivity index (χ1) is 9.70. The maximum atomic E-state index is 10.5. The molecule has 0 aromatic heterocycles. The van der Waals surface area contributed by atoms with Gasteiger partial charge in [0, 0.05) is 17.7 Å². The van der Waals surface area contributed by atoms with Crippen molar-refractivity contribution >= 4 is 17.5 Å². The number of non-ortho nitro benzene ring substituents is 1. The number of hydrogen-bond acceptors (Lipinski definition) is 4. The van der Waals surface area contributed by atoms with E-state index in [0.717, 1.165) is 11.1 Å². The number of nitro benzene ring substituents is 1. The highest BCUT2D eigenvalue weighted by molar-refractivity contribution is 6.10. The van der Waals surface area contributed by atoms with Gasteiger partial charge in [0.1, 0.15) is 5.71 Å². The summed E-state index contributed by atoms with van der Waals surface area (Å²) in [6, 6.07) is 15.3. The maximum Gasteiger partial charge on any atom is 0.269 e. The van der Waals surface area contributed by atoms with Gasteiger partial charge in [-0.25, -0.2) is 0 Å². The van der Waals surface area contributed by atoms with E-state index < -0.39 is 4.92 Å². The van der Waals surface area contributed by atoms with E-state index in [4.69, 9.17) is 5.21 Å². The molecule has 2 aromatic carbocycles. The molecule has 2 rings (SSSR count). The maximum absolute atomic E-state index is 10.5. The van der Waals surface area contributed by atoms with Crippen molar-refractivity contribution in [1.29, 1.82) is 0 Å². The zero-order chi connectivity index (χ0) is 14.4. The van der Waals surface area contributed by atoms with Gasteiger partial charge >= 0.3 is 0 Å². The Balaban J connectivity index is 2.18. The van der Waals surface area contributed by atoms with Crippen molar-refractivity contribution in [2.45, 2.75) is 0 Å². The van der Waals surface area contributed by atoms with E-state index in [1.807, 2.05) is 30.3 Å². The number of oxime groups is 1. The van der Waals surface area contributed by atoms with Gasteiger partial charge in [-0.2, -0.15) is 0 Å². The van der Waals surface area contributed by atoms with E-state index in [1.54, 1.807) is 24.3 Å². The van der Waals surface area contributed by atoms with Gasteiger partial charge < -0.3 is 5.21 Å². The van der Waals surface area contributed by atoms with Crippen molar-refractivity contribution in [3.63, 3.8) is 0 Å². The Morgan fingerprint density at radius 1 is 1.10 bits per heavy atom. The first-order valence-corrected chi connectivity index (χ1v) is 5.91. The molecule has 100 valence electrons. The monoisotopic (exact) mass is 268 g/mol. The van der Waals surface area contributed by atoms with Gasteiger partial charge in [-0.15, -0.1) is 0 Å². The molecule has 2 aromatic rings. The van der Waals surface area contributed by atoms with E-state index >= 15 is 0 Å². The third-order valence-corrected chi connectivity index (χ3v) is 2.71. The molecule has 0 bridgehead atoms. The molecule has 0 atom stereocenters. The van der Waals surface area contributed by atoms with Gasteiger partial charge in [0.15, 0.2) is 0 Å². The number of hydrogen-bond donors (Lipinski definition) is 1. The molecule has 0 spiro atoms. The molecule has 1 N–H and O–H groups in total. The van der Waals surface area contributed by atoms with Crippen LogP contribution >= 0.6 is 0 Å². The van der Waals surface area contributed by atoms with E-state index in [2.05, 4.69) is 5.16 Å². The SMILES string of the molecule is O=[N+]([O-])c1ccc(/C=C/C(=N/O)c2ccccc2)cc1. The lowest BCUT2D eigenvalue weighted by Crippen LogP contribution is -1.95. The van der Waals surface area contributed by atoms with E-state index in [9.17, 15) is 10.1 Å². The lowest BCUT2D eigenvalue weighted by Gasteiger charge is -1.98. The van der Waals surface area contributed by atoms with Crippen molar-refractivity contribution in [2.75, 3.05) is 0 Å². The van der Waals surface area contributed by atoms with Crippen molar-refractivity contribution in [1.82, 2.24) is 0 Å². The predicted molar refractivity (Wildman–Crippen MR) is 76.9 cm³/mol. The minimum absolute atomic E-state index is 0.0428. The molecule has 5 nitrogen and oxygen atoms in total. The Morgan fingerprint density at radius 2 is 1.75 bits per heavy atom. The van der Waals surface area contributed by atoms with Gasteiger partial charge in [-0.3, -0.25) is 10.1 Å². The lowest BCUT2D eigenvalue weighted by atomic mass is 10.1. The second kappa shape index (κ2) is 6.29. The Morgan fingerprint density at radius 3 is 2.30 bits per heavy atom. The van der Waals surface area contributed by atoms with Crippen molar-refractivity contribution in [3.05, 3.63) is 81.9 Å². The third kappa shape index (κ3) is 3.29. The summed E-state index contributed by atoms with van der Waals surface area (Å²) in [5.41, 5.74) is 2.03. The summed E-state index contributed by atoms with van der Waals surface area (Å²) in [7, 11) is 0. The van der Waals surface area contributed by atoms with Gasteiger partial charge in [0.2, 0.25) is 0 Å². The topological polar surface area (TPSA) is 75.7 Å². The summed E-state index contributed by atoms with van der Waals surface area (Å²) in [6.45, 7) is 0. The highest BCUT2D eigenvalue weighted by atomic mass is 16.6. The van der Waals surface area contributed by atoms with Crippen LogP contribution < -0.4 is 0 Å². The molecule has 0 fully saturated rings. The Kier molecular flexibility index (Phi) is 4.24. The Bertz CT molecular complexity index is 647. The average Bonchev–Trinajstić information content (AvgIpc) is 2.49. The van der Waals surface area contributed by atoms with Gasteiger partial charge in [0.05, 0.1) is 4.92 Å². The number of benzene rings is 2. The third-order valence-electron chi connectivity index (χ3n) is 2.71. The molecule has 0 aliphatic rings. The molecule has 0 amide bonds. The molecule has 0 aliphatic carbocycles. The first-order valence-electron chi connectivity index (χ1n) is 5.91. The fourth-order valence-electron chi connectivity index (χ4n) is 1.68. The van der Waals surface area contributed by atoms with Crippen LogP contribution in [0.4, 0.5) is 5.69 Å². The van der Waals surface area contributed by atoms with Crippen LogP contribution in [0, 0.1) is 10.1 Å². The molecule has 0 heterocycles.